The van der Waals surface area contributed by atoms with Crippen molar-refractivity contribution >= 4 is 11.9 Å². The molecule has 0 amide bonds. The molecule has 0 saturated heterocycles. The molecular weight excluding hydrogens is 813 g/mol. The summed E-state index contributed by atoms with van der Waals surface area (Å²) in [5.41, 5.74) is 0. The first kappa shape index (κ1) is 63.6. The minimum absolute atomic E-state index is 0.0758. The predicted octanol–water partition coefficient (Wildman–Crippen LogP) is 19.7. The van der Waals surface area contributed by atoms with E-state index in [1.165, 1.54) is 193 Å². The SMILES string of the molecule is CCCC/C=C\CCCCCCCCOCC(COC(=O)CCCCCCCC/C=C\C/C=C\C/C=C\CCCCC)OC(=O)CCCCCCCCCCC/C=C\CCCCCCCC. The Morgan fingerprint density at radius 2 is 0.652 bits per heavy atom. The van der Waals surface area contributed by atoms with Crippen molar-refractivity contribution in [2.24, 2.45) is 0 Å². The molecular formula is C61H110O5. The lowest BCUT2D eigenvalue weighted by molar-refractivity contribution is -0.163. The summed E-state index contributed by atoms with van der Waals surface area (Å²) in [6.45, 7) is 7.77. The molecule has 0 spiro atoms. The Balaban J connectivity index is 4.25. The minimum atomic E-state index is -0.546. The standard InChI is InChI=1S/C61H110O5/c1-4-7-10-13-16-19-22-25-27-29-31-33-35-37-39-42-45-48-51-54-60(62)65-58-59(57-64-56-53-50-47-44-41-24-21-18-15-12-9-6-3)66-61(63)55-52-49-46-43-40-38-36-34-32-30-28-26-23-20-17-14-11-8-5-2/h15-16,18-19,25-28,31,33,59H,4-14,17,20-24,29-30,32,34-58H2,1-3H3/b18-15-,19-16-,27-25-,28-26-,33-31-. The van der Waals surface area contributed by atoms with Crippen molar-refractivity contribution < 1.29 is 23.8 Å². The van der Waals surface area contributed by atoms with Crippen LogP contribution in [0.15, 0.2) is 60.8 Å². The molecule has 0 aliphatic carbocycles. The summed E-state index contributed by atoms with van der Waals surface area (Å²) in [7, 11) is 0. The van der Waals surface area contributed by atoms with E-state index in [4.69, 9.17) is 14.2 Å². The number of hydrogen-bond acceptors (Lipinski definition) is 5. The molecule has 5 nitrogen and oxygen atoms in total. The Hall–Kier alpha value is -2.40. The smallest absolute Gasteiger partial charge is 0.306 e. The van der Waals surface area contributed by atoms with Crippen LogP contribution in [0.1, 0.15) is 290 Å². The highest BCUT2D eigenvalue weighted by Crippen LogP contribution is 2.15. The lowest BCUT2D eigenvalue weighted by Crippen LogP contribution is -2.30. The topological polar surface area (TPSA) is 61.8 Å². The molecule has 384 valence electrons. The Morgan fingerprint density at radius 1 is 0.333 bits per heavy atom. The van der Waals surface area contributed by atoms with Gasteiger partial charge in [0.15, 0.2) is 6.10 Å². The van der Waals surface area contributed by atoms with E-state index in [0.717, 1.165) is 64.2 Å². The molecule has 0 N–H and O–H groups in total. The quantitative estimate of drug-likeness (QED) is 0.0346. The number of unbranched alkanes of at least 4 members (excludes halogenated alkanes) is 32. The average molecular weight is 924 g/mol. The van der Waals surface area contributed by atoms with E-state index >= 15 is 0 Å². The molecule has 0 bridgehead atoms. The first-order chi connectivity index (χ1) is 32.6. The van der Waals surface area contributed by atoms with E-state index in [1.807, 2.05) is 0 Å². The Kier molecular flexibility index (Phi) is 54.9. The molecule has 0 saturated carbocycles. The van der Waals surface area contributed by atoms with Crippen molar-refractivity contribution in [2.75, 3.05) is 19.8 Å². The first-order valence-electron chi connectivity index (χ1n) is 28.8. The van der Waals surface area contributed by atoms with Crippen LogP contribution in [0, 0.1) is 0 Å². The number of rotatable bonds is 53. The summed E-state index contributed by atoms with van der Waals surface area (Å²) in [5, 5.41) is 0. The summed E-state index contributed by atoms with van der Waals surface area (Å²) in [5.74, 6) is -0.407. The van der Waals surface area contributed by atoms with Gasteiger partial charge >= 0.3 is 11.9 Å². The summed E-state index contributed by atoms with van der Waals surface area (Å²) in [4.78, 5) is 25.5. The van der Waals surface area contributed by atoms with Crippen LogP contribution in [0.2, 0.25) is 0 Å². The molecule has 0 radical (unpaired) electrons. The fourth-order valence-electron chi connectivity index (χ4n) is 8.14. The van der Waals surface area contributed by atoms with E-state index < -0.39 is 6.10 Å². The Morgan fingerprint density at radius 3 is 1.11 bits per heavy atom. The molecule has 5 heteroatoms. The van der Waals surface area contributed by atoms with Gasteiger partial charge in [-0.2, -0.15) is 0 Å². The zero-order chi connectivity index (χ0) is 47.7. The van der Waals surface area contributed by atoms with E-state index in [-0.39, 0.29) is 25.2 Å². The molecule has 0 aliphatic rings. The zero-order valence-electron chi connectivity index (χ0n) is 44.2. The molecule has 0 aromatic carbocycles. The van der Waals surface area contributed by atoms with Crippen LogP contribution in [0.3, 0.4) is 0 Å². The molecule has 0 rings (SSSR count). The summed E-state index contributed by atoms with van der Waals surface area (Å²) in [6, 6.07) is 0. The largest absolute Gasteiger partial charge is 0.462 e. The van der Waals surface area contributed by atoms with E-state index in [2.05, 4.69) is 81.5 Å². The van der Waals surface area contributed by atoms with Crippen molar-refractivity contribution in [3.05, 3.63) is 60.8 Å². The highest BCUT2D eigenvalue weighted by molar-refractivity contribution is 5.70. The second-order valence-corrected chi connectivity index (χ2v) is 19.2. The summed E-state index contributed by atoms with van der Waals surface area (Å²) >= 11 is 0. The summed E-state index contributed by atoms with van der Waals surface area (Å²) in [6.07, 6.45) is 72.3. The predicted molar refractivity (Wildman–Crippen MR) is 288 cm³/mol. The number of esters is 2. The maximum absolute atomic E-state index is 12.9. The van der Waals surface area contributed by atoms with Crippen LogP contribution < -0.4 is 0 Å². The van der Waals surface area contributed by atoms with Gasteiger partial charge in [-0.05, 0) is 103 Å². The fraction of sp³-hybridized carbons (Fsp3) is 0.803. The van der Waals surface area contributed by atoms with Crippen molar-refractivity contribution in [3.8, 4) is 0 Å². The second kappa shape index (κ2) is 56.9. The average Bonchev–Trinajstić information content (AvgIpc) is 3.32. The number of hydrogen-bond donors (Lipinski definition) is 0. The normalized spacial score (nSPS) is 12.6. The first-order valence-corrected chi connectivity index (χ1v) is 28.8. The number of carbonyl (C=O) groups excluding carboxylic acids is 2. The van der Waals surface area contributed by atoms with Gasteiger partial charge in [-0.15, -0.1) is 0 Å². The van der Waals surface area contributed by atoms with Crippen molar-refractivity contribution in [1.82, 2.24) is 0 Å². The highest BCUT2D eigenvalue weighted by Gasteiger charge is 2.17. The third kappa shape index (κ3) is 54.2. The van der Waals surface area contributed by atoms with Gasteiger partial charge in [0, 0.05) is 19.4 Å². The van der Waals surface area contributed by atoms with Crippen LogP contribution in [0.5, 0.6) is 0 Å². The Bertz CT molecular complexity index is 1130. The number of allylic oxidation sites excluding steroid dienone is 10. The summed E-state index contributed by atoms with van der Waals surface area (Å²) < 4.78 is 17.4. The monoisotopic (exact) mass is 923 g/mol. The molecule has 1 atom stereocenters. The van der Waals surface area contributed by atoms with Crippen LogP contribution in [0.4, 0.5) is 0 Å². The molecule has 0 aromatic rings. The van der Waals surface area contributed by atoms with E-state index in [9.17, 15) is 9.59 Å². The van der Waals surface area contributed by atoms with E-state index in [1.54, 1.807) is 0 Å². The molecule has 0 heterocycles. The highest BCUT2D eigenvalue weighted by atomic mass is 16.6. The minimum Gasteiger partial charge on any atom is -0.462 e. The lowest BCUT2D eigenvalue weighted by atomic mass is 10.1. The van der Waals surface area contributed by atoms with Crippen LogP contribution in [-0.2, 0) is 23.8 Å². The molecule has 0 fully saturated rings. The second-order valence-electron chi connectivity index (χ2n) is 19.2. The van der Waals surface area contributed by atoms with Gasteiger partial charge in [0.2, 0.25) is 0 Å². The van der Waals surface area contributed by atoms with Crippen molar-refractivity contribution in [2.45, 2.75) is 297 Å². The van der Waals surface area contributed by atoms with Gasteiger partial charge in [0.1, 0.15) is 6.61 Å². The molecule has 0 aromatic heterocycles. The third-order valence-electron chi connectivity index (χ3n) is 12.5. The molecule has 0 aliphatic heterocycles. The van der Waals surface area contributed by atoms with Gasteiger partial charge in [-0.3, -0.25) is 9.59 Å². The van der Waals surface area contributed by atoms with E-state index in [0.29, 0.717) is 19.4 Å². The van der Waals surface area contributed by atoms with Crippen LogP contribution >= 0.6 is 0 Å². The lowest BCUT2D eigenvalue weighted by Gasteiger charge is -2.18. The fourth-order valence-corrected chi connectivity index (χ4v) is 8.14. The molecule has 1 unspecified atom stereocenters. The zero-order valence-corrected chi connectivity index (χ0v) is 44.2. The van der Waals surface area contributed by atoms with Gasteiger partial charge in [0.25, 0.3) is 0 Å². The van der Waals surface area contributed by atoms with Crippen molar-refractivity contribution in [3.63, 3.8) is 0 Å². The van der Waals surface area contributed by atoms with Gasteiger partial charge in [0.05, 0.1) is 6.61 Å². The van der Waals surface area contributed by atoms with Gasteiger partial charge in [-0.1, -0.05) is 236 Å². The maximum Gasteiger partial charge on any atom is 0.306 e. The van der Waals surface area contributed by atoms with Crippen LogP contribution in [0.25, 0.3) is 0 Å². The van der Waals surface area contributed by atoms with Crippen molar-refractivity contribution in [1.29, 1.82) is 0 Å². The number of ether oxygens (including phenoxy) is 3. The van der Waals surface area contributed by atoms with Gasteiger partial charge < -0.3 is 14.2 Å². The molecule has 66 heavy (non-hydrogen) atoms. The number of carbonyl (C=O) groups is 2. The van der Waals surface area contributed by atoms with Gasteiger partial charge in [-0.25, -0.2) is 0 Å². The maximum atomic E-state index is 12.9. The third-order valence-corrected chi connectivity index (χ3v) is 12.5. The van der Waals surface area contributed by atoms with Crippen LogP contribution in [-0.4, -0.2) is 37.9 Å². The Labute approximate surface area is 411 Å².